The minimum Gasteiger partial charge on any atom is -0.462 e. The van der Waals surface area contributed by atoms with Gasteiger partial charge in [-0.1, -0.05) is 102 Å². The maximum absolute atomic E-state index is 12.6. The Morgan fingerprint density at radius 3 is 1.85 bits per heavy atom. The number of ether oxygens (including phenoxy) is 4. The van der Waals surface area contributed by atoms with Crippen LogP contribution in [0.25, 0.3) is 0 Å². The lowest BCUT2D eigenvalue weighted by molar-refractivity contribution is -0.305. The van der Waals surface area contributed by atoms with Gasteiger partial charge in [0.15, 0.2) is 12.4 Å². The van der Waals surface area contributed by atoms with Crippen molar-refractivity contribution in [3.05, 3.63) is 24.3 Å². The number of rotatable bonds is 28. The lowest BCUT2D eigenvalue weighted by Crippen LogP contribution is -2.59. The van der Waals surface area contributed by atoms with Crippen LogP contribution in [0, 0.1) is 0 Å². The van der Waals surface area contributed by atoms with Gasteiger partial charge in [-0.3, -0.25) is 9.59 Å². The summed E-state index contributed by atoms with van der Waals surface area (Å²) in [6.07, 6.45) is 19.9. The van der Waals surface area contributed by atoms with E-state index in [0.717, 1.165) is 44.9 Å². The van der Waals surface area contributed by atoms with Gasteiger partial charge >= 0.3 is 11.9 Å². The number of hydrogen-bond donors (Lipinski definition) is 4. The van der Waals surface area contributed by atoms with E-state index in [1.54, 1.807) is 0 Å². The van der Waals surface area contributed by atoms with Gasteiger partial charge in [-0.05, 0) is 44.9 Å². The lowest BCUT2D eigenvalue weighted by Gasteiger charge is -2.39. The number of carbonyl (C=O) groups is 2. The minimum atomic E-state index is -1.59. The molecular weight excluding hydrogens is 592 g/mol. The molecule has 0 radical (unpaired) electrons. The first-order valence-electron chi connectivity index (χ1n) is 17.9. The molecule has 4 N–H and O–H groups in total. The summed E-state index contributed by atoms with van der Waals surface area (Å²) in [5.74, 6) is -0.846. The second-order valence-electron chi connectivity index (χ2n) is 12.3. The first-order valence-corrected chi connectivity index (χ1v) is 17.9. The van der Waals surface area contributed by atoms with Crippen molar-refractivity contribution in [2.45, 2.75) is 173 Å². The Bertz CT molecular complexity index is 815. The maximum Gasteiger partial charge on any atom is 0.306 e. The van der Waals surface area contributed by atoms with Crippen molar-refractivity contribution >= 4 is 11.9 Å². The molecule has 0 aromatic heterocycles. The van der Waals surface area contributed by atoms with Gasteiger partial charge in [0, 0.05) is 12.8 Å². The van der Waals surface area contributed by atoms with E-state index < -0.39 is 55.4 Å². The highest BCUT2D eigenvalue weighted by molar-refractivity contribution is 5.70. The van der Waals surface area contributed by atoms with Gasteiger partial charge in [0.05, 0.1) is 13.2 Å². The third-order valence-corrected chi connectivity index (χ3v) is 8.09. The molecule has 10 heteroatoms. The second kappa shape index (κ2) is 28.2. The van der Waals surface area contributed by atoms with Crippen molar-refractivity contribution in [2.24, 2.45) is 0 Å². The predicted molar refractivity (Wildman–Crippen MR) is 178 cm³/mol. The van der Waals surface area contributed by atoms with Crippen LogP contribution in [-0.4, -0.2) is 89.0 Å². The van der Waals surface area contributed by atoms with E-state index in [2.05, 4.69) is 31.2 Å². The monoisotopic (exact) mass is 656 g/mol. The maximum atomic E-state index is 12.6. The van der Waals surface area contributed by atoms with Gasteiger partial charge in [0.25, 0.3) is 0 Å². The molecule has 1 heterocycles. The van der Waals surface area contributed by atoms with Gasteiger partial charge < -0.3 is 39.4 Å². The summed E-state index contributed by atoms with van der Waals surface area (Å²) in [6, 6.07) is 0. The Labute approximate surface area is 277 Å². The number of allylic oxidation sites excluding steroid dienone is 4. The SMILES string of the molecule is CCCCCC/C=C\C/C=C\CCCCCCCCCC(=O)OC(COC(=O)CCCCC)COC1OC(CO)C(O)C(O)C1O. The fraction of sp³-hybridized carbons (Fsp3) is 0.833. The summed E-state index contributed by atoms with van der Waals surface area (Å²) in [6.45, 7) is 3.18. The molecule has 1 aliphatic heterocycles. The molecule has 0 saturated carbocycles. The zero-order chi connectivity index (χ0) is 33.8. The van der Waals surface area contributed by atoms with Crippen LogP contribution >= 0.6 is 0 Å². The number of carbonyl (C=O) groups excluding carboxylic acids is 2. The Morgan fingerprint density at radius 2 is 1.22 bits per heavy atom. The van der Waals surface area contributed by atoms with Crippen LogP contribution in [0.2, 0.25) is 0 Å². The topological polar surface area (TPSA) is 152 Å². The van der Waals surface area contributed by atoms with Crippen molar-refractivity contribution in [3.8, 4) is 0 Å². The Kier molecular flexibility index (Phi) is 25.9. The van der Waals surface area contributed by atoms with Crippen molar-refractivity contribution in [3.63, 3.8) is 0 Å². The molecule has 10 nitrogen and oxygen atoms in total. The van der Waals surface area contributed by atoms with E-state index in [1.807, 2.05) is 6.92 Å². The molecule has 1 rings (SSSR count). The highest BCUT2D eigenvalue weighted by Crippen LogP contribution is 2.22. The first-order chi connectivity index (χ1) is 22.3. The van der Waals surface area contributed by atoms with Gasteiger partial charge in [0.2, 0.25) is 0 Å². The molecule has 0 bridgehead atoms. The summed E-state index contributed by atoms with van der Waals surface area (Å²) in [4.78, 5) is 24.7. The molecule has 1 aliphatic rings. The van der Waals surface area contributed by atoms with Crippen molar-refractivity contribution in [2.75, 3.05) is 19.8 Å². The fourth-order valence-electron chi connectivity index (χ4n) is 5.16. The Balaban J connectivity index is 2.29. The van der Waals surface area contributed by atoms with E-state index >= 15 is 0 Å². The zero-order valence-electron chi connectivity index (χ0n) is 28.6. The van der Waals surface area contributed by atoms with Crippen LogP contribution in [-0.2, 0) is 28.5 Å². The number of hydrogen-bond acceptors (Lipinski definition) is 10. The van der Waals surface area contributed by atoms with E-state index in [0.29, 0.717) is 12.8 Å². The van der Waals surface area contributed by atoms with Crippen LogP contribution in [0.5, 0.6) is 0 Å². The number of unbranched alkanes of at least 4 members (excludes halogenated alkanes) is 13. The molecule has 0 aromatic carbocycles. The van der Waals surface area contributed by atoms with Gasteiger partial charge in [0.1, 0.15) is 31.0 Å². The van der Waals surface area contributed by atoms with Crippen LogP contribution < -0.4 is 0 Å². The van der Waals surface area contributed by atoms with E-state index in [9.17, 15) is 30.0 Å². The third-order valence-electron chi connectivity index (χ3n) is 8.09. The summed E-state index contributed by atoms with van der Waals surface area (Å²) < 4.78 is 21.8. The summed E-state index contributed by atoms with van der Waals surface area (Å²) in [5.41, 5.74) is 0. The molecule has 6 unspecified atom stereocenters. The van der Waals surface area contributed by atoms with Crippen LogP contribution in [0.3, 0.4) is 0 Å². The number of aliphatic hydroxyl groups is 4. The second-order valence-corrected chi connectivity index (χ2v) is 12.3. The summed E-state index contributed by atoms with van der Waals surface area (Å²) >= 11 is 0. The molecule has 0 aromatic rings. The predicted octanol–water partition coefficient (Wildman–Crippen LogP) is 5.82. The average Bonchev–Trinajstić information content (AvgIpc) is 3.05. The minimum absolute atomic E-state index is 0.221. The van der Waals surface area contributed by atoms with E-state index in [4.69, 9.17) is 18.9 Å². The van der Waals surface area contributed by atoms with Gasteiger partial charge in [-0.25, -0.2) is 0 Å². The zero-order valence-corrected chi connectivity index (χ0v) is 28.6. The standard InChI is InChI=1S/C36H64O10/c1-3-5-7-8-9-10-11-12-13-14-15-16-17-18-19-20-21-23-25-32(39)45-29(27-43-31(38)24-22-6-4-2)28-44-36-35(42)34(41)33(40)30(26-37)46-36/h10-11,13-14,29-30,33-37,40-42H,3-9,12,15-28H2,1-2H3/b11-10-,14-13-. The largest absolute Gasteiger partial charge is 0.462 e. The number of esters is 2. The molecule has 1 fully saturated rings. The van der Waals surface area contributed by atoms with Gasteiger partial charge in [-0.15, -0.1) is 0 Å². The van der Waals surface area contributed by atoms with E-state index in [1.165, 1.54) is 51.4 Å². The molecule has 0 spiro atoms. The molecular formula is C36H64O10. The molecule has 0 aliphatic carbocycles. The smallest absolute Gasteiger partial charge is 0.306 e. The van der Waals surface area contributed by atoms with Gasteiger partial charge in [-0.2, -0.15) is 0 Å². The highest BCUT2D eigenvalue weighted by Gasteiger charge is 2.44. The molecule has 6 atom stereocenters. The van der Waals surface area contributed by atoms with Crippen molar-refractivity contribution in [1.82, 2.24) is 0 Å². The summed E-state index contributed by atoms with van der Waals surface area (Å²) in [7, 11) is 0. The van der Waals surface area contributed by atoms with Crippen LogP contribution in [0.4, 0.5) is 0 Å². The average molecular weight is 657 g/mol. The molecule has 1 saturated heterocycles. The highest BCUT2D eigenvalue weighted by atomic mass is 16.7. The van der Waals surface area contributed by atoms with Crippen LogP contribution in [0.15, 0.2) is 24.3 Å². The van der Waals surface area contributed by atoms with E-state index in [-0.39, 0.29) is 26.1 Å². The molecule has 46 heavy (non-hydrogen) atoms. The van der Waals surface area contributed by atoms with Crippen LogP contribution in [0.1, 0.15) is 136 Å². The molecule has 268 valence electrons. The molecule has 0 amide bonds. The quantitative estimate of drug-likeness (QED) is 0.0460. The third kappa shape index (κ3) is 20.4. The summed E-state index contributed by atoms with van der Waals surface area (Å²) in [5, 5.41) is 39.6. The normalized spacial score (nSPS) is 22.4. The lowest BCUT2D eigenvalue weighted by atomic mass is 9.99. The van der Waals surface area contributed by atoms with Crippen molar-refractivity contribution < 1.29 is 49.0 Å². The number of aliphatic hydroxyl groups excluding tert-OH is 4. The Hall–Kier alpha value is -1.82. The van der Waals surface area contributed by atoms with Crippen molar-refractivity contribution in [1.29, 1.82) is 0 Å². The Morgan fingerprint density at radius 1 is 0.674 bits per heavy atom. The fourth-order valence-corrected chi connectivity index (χ4v) is 5.16. The first kappa shape index (κ1) is 42.2.